The van der Waals surface area contributed by atoms with E-state index in [1.54, 1.807) is 19.1 Å². The molecule has 0 aliphatic heterocycles. The maximum absolute atomic E-state index is 12.9. The second kappa shape index (κ2) is 7.83. The molecule has 2 N–H and O–H groups in total. The number of nitrogens with zero attached hydrogens (tertiary/aromatic N) is 3. The lowest BCUT2D eigenvalue weighted by Crippen LogP contribution is -2.28. The van der Waals surface area contributed by atoms with Gasteiger partial charge in [0.25, 0.3) is 5.56 Å². The number of pyridine rings is 1. The number of carbonyl (C=O) groups excluding carboxylic acids is 1. The van der Waals surface area contributed by atoms with Crippen molar-refractivity contribution in [1.82, 2.24) is 14.8 Å². The minimum Gasteiger partial charge on any atom is -0.478 e. The summed E-state index contributed by atoms with van der Waals surface area (Å²) < 4.78 is 1.26. The molecule has 3 aromatic rings. The molecule has 0 aliphatic rings. The molecule has 28 heavy (non-hydrogen) atoms. The van der Waals surface area contributed by atoms with Crippen molar-refractivity contribution in [3.63, 3.8) is 0 Å². The highest BCUT2D eigenvalue weighted by atomic mass is 16.4. The number of nitrogens with one attached hydrogen (secondary N) is 1. The number of ketones is 1. The number of anilines is 2. The number of aromatic carboxylic acids is 1. The number of benzene rings is 1. The Balaban J connectivity index is 2.25. The zero-order valence-corrected chi connectivity index (χ0v) is 15.3. The first kappa shape index (κ1) is 19.0. The second-order valence-corrected chi connectivity index (χ2v) is 6.03. The zero-order chi connectivity index (χ0) is 20.3. The summed E-state index contributed by atoms with van der Waals surface area (Å²) in [5.41, 5.74) is 1.01. The predicted molar refractivity (Wildman–Crippen MR) is 104 cm³/mol. The number of carboxylic acids is 1. The summed E-state index contributed by atoms with van der Waals surface area (Å²) in [6, 6.07) is 10.4. The first-order valence-corrected chi connectivity index (χ1v) is 8.59. The molecule has 0 bridgehead atoms. The molecule has 8 nitrogen and oxygen atoms in total. The lowest BCUT2D eigenvalue weighted by atomic mass is 10.0. The second-order valence-electron chi connectivity index (χ2n) is 6.03. The highest BCUT2D eigenvalue weighted by molar-refractivity contribution is 6.05. The first-order valence-electron chi connectivity index (χ1n) is 8.59. The van der Waals surface area contributed by atoms with Gasteiger partial charge in [-0.15, -0.1) is 0 Å². The number of aryl methyl sites for hydroxylation is 1. The van der Waals surface area contributed by atoms with E-state index >= 15 is 0 Å². The molecule has 0 saturated heterocycles. The molecule has 0 unspecified atom stereocenters. The van der Waals surface area contributed by atoms with Gasteiger partial charge in [0.05, 0.1) is 23.0 Å². The normalized spacial score (nSPS) is 10.5. The average molecular weight is 378 g/mol. The number of hydrogen-bond donors (Lipinski definition) is 2. The smallest absolute Gasteiger partial charge is 0.337 e. The molecule has 1 aromatic carbocycles. The molecule has 2 heterocycles. The molecular formula is C20H18N4O4. The van der Waals surface area contributed by atoms with Crippen LogP contribution in [0.3, 0.4) is 0 Å². The van der Waals surface area contributed by atoms with Gasteiger partial charge >= 0.3 is 5.97 Å². The van der Waals surface area contributed by atoms with Crippen LogP contribution < -0.4 is 10.9 Å². The molecule has 142 valence electrons. The van der Waals surface area contributed by atoms with Crippen molar-refractivity contribution in [3.8, 4) is 11.3 Å². The first-order chi connectivity index (χ1) is 13.4. The predicted octanol–water partition coefficient (Wildman–Crippen LogP) is 2.97. The van der Waals surface area contributed by atoms with Crippen LogP contribution in [0.25, 0.3) is 11.3 Å². The van der Waals surface area contributed by atoms with E-state index in [0.29, 0.717) is 17.8 Å². The van der Waals surface area contributed by atoms with Gasteiger partial charge < -0.3 is 10.4 Å². The van der Waals surface area contributed by atoms with Crippen molar-refractivity contribution < 1.29 is 14.7 Å². The molecule has 3 rings (SSSR count). The quantitative estimate of drug-likeness (QED) is 0.634. The Bertz CT molecular complexity index is 1110. The number of rotatable bonds is 6. The van der Waals surface area contributed by atoms with E-state index in [9.17, 15) is 14.4 Å². The average Bonchev–Trinajstić information content (AvgIpc) is 2.69. The molecule has 8 heteroatoms. The van der Waals surface area contributed by atoms with Gasteiger partial charge in [-0.2, -0.15) is 5.10 Å². The third-order valence-corrected chi connectivity index (χ3v) is 4.11. The van der Waals surface area contributed by atoms with Gasteiger partial charge in [-0.25, -0.2) is 9.48 Å². The summed E-state index contributed by atoms with van der Waals surface area (Å²) in [5.74, 6) is -1.48. The van der Waals surface area contributed by atoms with Crippen molar-refractivity contribution in [1.29, 1.82) is 0 Å². The minimum absolute atomic E-state index is 0.0348. The van der Waals surface area contributed by atoms with Crippen molar-refractivity contribution in [2.45, 2.75) is 20.4 Å². The van der Waals surface area contributed by atoms with Gasteiger partial charge in [0.2, 0.25) is 0 Å². The van der Waals surface area contributed by atoms with Crippen LogP contribution in [0.15, 0.2) is 53.6 Å². The number of hydrogen-bond acceptors (Lipinski definition) is 6. The maximum atomic E-state index is 12.9. The SMILES string of the molecule is CCn1nc(-c2ccccc2)c(C(C)=O)c(Nc2cncc(C(=O)O)c2)c1=O. The largest absolute Gasteiger partial charge is 0.478 e. The number of aromatic nitrogens is 3. The van der Waals surface area contributed by atoms with Crippen LogP contribution in [-0.4, -0.2) is 31.6 Å². The fourth-order valence-corrected chi connectivity index (χ4v) is 2.81. The van der Waals surface area contributed by atoms with E-state index in [1.165, 1.54) is 30.1 Å². The van der Waals surface area contributed by atoms with Crippen LogP contribution in [0, 0.1) is 0 Å². The van der Waals surface area contributed by atoms with Crippen LogP contribution in [0.2, 0.25) is 0 Å². The molecule has 0 aliphatic carbocycles. The van der Waals surface area contributed by atoms with E-state index in [4.69, 9.17) is 5.11 Å². The van der Waals surface area contributed by atoms with Gasteiger partial charge in [-0.1, -0.05) is 30.3 Å². The Morgan fingerprint density at radius 2 is 1.89 bits per heavy atom. The van der Waals surface area contributed by atoms with E-state index in [0.717, 1.165) is 0 Å². The summed E-state index contributed by atoms with van der Waals surface area (Å²) in [6.07, 6.45) is 2.58. The monoisotopic (exact) mass is 378 g/mol. The van der Waals surface area contributed by atoms with Crippen LogP contribution in [-0.2, 0) is 6.54 Å². The van der Waals surface area contributed by atoms with Gasteiger partial charge in [0.15, 0.2) is 5.78 Å². The molecule has 0 amide bonds. The molecule has 0 fully saturated rings. The molecule has 0 atom stereocenters. The van der Waals surface area contributed by atoms with E-state index in [1.807, 2.05) is 18.2 Å². The Labute approximate surface area is 160 Å². The summed E-state index contributed by atoms with van der Waals surface area (Å²) >= 11 is 0. The Morgan fingerprint density at radius 1 is 1.18 bits per heavy atom. The third kappa shape index (κ3) is 3.66. The fraction of sp³-hybridized carbons (Fsp3) is 0.150. The summed E-state index contributed by atoms with van der Waals surface area (Å²) in [7, 11) is 0. The van der Waals surface area contributed by atoms with E-state index < -0.39 is 11.5 Å². The van der Waals surface area contributed by atoms with Crippen molar-refractivity contribution >= 4 is 23.1 Å². The lowest BCUT2D eigenvalue weighted by molar-refractivity contribution is 0.0696. The van der Waals surface area contributed by atoms with Gasteiger partial charge in [0, 0.05) is 18.3 Å². The van der Waals surface area contributed by atoms with E-state index in [-0.39, 0.29) is 28.3 Å². The zero-order valence-electron chi connectivity index (χ0n) is 15.3. The van der Waals surface area contributed by atoms with Crippen LogP contribution in [0.4, 0.5) is 11.4 Å². The Morgan fingerprint density at radius 3 is 2.50 bits per heavy atom. The van der Waals surface area contributed by atoms with Crippen LogP contribution >= 0.6 is 0 Å². The molecule has 0 saturated carbocycles. The van der Waals surface area contributed by atoms with Crippen LogP contribution in [0.5, 0.6) is 0 Å². The van der Waals surface area contributed by atoms with Gasteiger partial charge in [0.1, 0.15) is 11.4 Å². The Hall–Kier alpha value is -3.81. The Kier molecular flexibility index (Phi) is 5.30. The lowest BCUT2D eigenvalue weighted by Gasteiger charge is -2.16. The fourth-order valence-electron chi connectivity index (χ4n) is 2.81. The summed E-state index contributed by atoms with van der Waals surface area (Å²) in [6.45, 7) is 3.43. The topological polar surface area (TPSA) is 114 Å². The summed E-state index contributed by atoms with van der Waals surface area (Å²) in [5, 5.41) is 16.4. The summed E-state index contributed by atoms with van der Waals surface area (Å²) in [4.78, 5) is 40.4. The minimum atomic E-state index is -1.14. The van der Waals surface area contributed by atoms with Crippen molar-refractivity contribution in [2.75, 3.05) is 5.32 Å². The van der Waals surface area contributed by atoms with E-state index in [2.05, 4.69) is 15.4 Å². The molecular weight excluding hydrogens is 360 g/mol. The molecule has 2 aromatic heterocycles. The van der Waals surface area contributed by atoms with Gasteiger partial charge in [-0.3, -0.25) is 14.6 Å². The van der Waals surface area contributed by atoms with Crippen molar-refractivity contribution in [2.24, 2.45) is 0 Å². The molecule has 0 radical (unpaired) electrons. The highest BCUT2D eigenvalue weighted by Gasteiger charge is 2.22. The maximum Gasteiger partial charge on any atom is 0.337 e. The van der Waals surface area contributed by atoms with Gasteiger partial charge in [-0.05, 0) is 19.9 Å². The number of carbonyl (C=O) groups is 2. The molecule has 0 spiro atoms. The number of carboxylic acid groups (broad SMARTS) is 1. The third-order valence-electron chi connectivity index (χ3n) is 4.11. The standard InChI is InChI=1S/C20H18N4O4/c1-3-24-19(26)18(22-15-9-14(20(27)28)10-21-11-15)16(12(2)25)17(23-24)13-7-5-4-6-8-13/h4-11,22H,3H2,1-2H3,(H,27,28). The van der Waals surface area contributed by atoms with Crippen LogP contribution in [0.1, 0.15) is 34.6 Å². The van der Waals surface area contributed by atoms with Crippen molar-refractivity contribution in [3.05, 3.63) is 70.3 Å². The highest BCUT2D eigenvalue weighted by Crippen LogP contribution is 2.27. The number of Topliss-reactive ketones (excluding diaryl/α,β-unsaturated/α-hetero) is 1.